The average molecular weight is 192 g/mol. The van der Waals surface area contributed by atoms with Gasteiger partial charge >= 0.3 is 0 Å². The smallest absolute Gasteiger partial charge is 0.267 e. The summed E-state index contributed by atoms with van der Waals surface area (Å²) in [5.41, 5.74) is 6.65. The van der Waals surface area contributed by atoms with E-state index >= 15 is 0 Å². The van der Waals surface area contributed by atoms with Crippen molar-refractivity contribution in [3.05, 3.63) is 29.6 Å². The van der Waals surface area contributed by atoms with E-state index in [0.717, 1.165) is 12.0 Å². The molecule has 0 radical (unpaired) electrons. The quantitative estimate of drug-likeness (QED) is 0.794. The fourth-order valence-electron chi connectivity index (χ4n) is 1.14. The van der Waals surface area contributed by atoms with Gasteiger partial charge in [0, 0.05) is 6.20 Å². The Labute approximate surface area is 84.3 Å². The number of pyridine rings is 1. The number of hydrogen-bond donors (Lipinski definition) is 1. The van der Waals surface area contributed by atoms with Crippen LogP contribution in [0.3, 0.4) is 0 Å². The summed E-state index contributed by atoms with van der Waals surface area (Å²) in [6, 6.07) is 3.59. The lowest BCUT2D eigenvalue weighted by Gasteiger charge is -2.22. The molecule has 0 fully saturated rings. The van der Waals surface area contributed by atoms with Gasteiger partial charge in [0.1, 0.15) is 5.69 Å². The van der Waals surface area contributed by atoms with Crippen molar-refractivity contribution in [2.45, 2.75) is 32.6 Å². The first-order valence-electron chi connectivity index (χ1n) is 4.73. The standard InChI is InChI=1S/C11H16N2O/c1-4-11(2,3)8-5-6-9(10(12)14)13-7-8/h5-7H,4H2,1-3H3,(H2,12,14). The van der Waals surface area contributed by atoms with E-state index < -0.39 is 5.91 Å². The van der Waals surface area contributed by atoms with Gasteiger partial charge in [0.15, 0.2) is 0 Å². The van der Waals surface area contributed by atoms with E-state index in [1.54, 1.807) is 12.3 Å². The topological polar surface area (TPSA) is 56.0 Å². The Balaban J connectivity index is 2.99. The highest BCUT2D eigenvalue weighted by Crippen LogP contribution is 2.25. The molecule has 1 aromatic rings. The van der Waals surface area contributed by atoms with E-state index in [-0.39, 0.29) is 5.41 Å². The first-order valence-corrected chi connectivity index (χ1v) is 4.73. The van der Waals surface area contributed by atoms with Crippen LogP contribution < -0.4 is 5.73 Å². The molecular formula is C11H16N2O. The maximum Gasteiger partial charge on any atom is 0.267 e. The van der Waals surface area contributed by atoms with Crippen LogP contribution in [0.25, 0.3) is 0 Å². The molecule has 0 aliphatic rings. The zero-order chi connectivity index (χ0) is 10.8. The van der Waals surface area contributed by atoms with Crippen LogP contribution >= 0.6 is 0 Å². The molecule has 0 aliphatic heterocycles. The van der Waals surface area contributed by atoms with Crippen LogP contribution in [0.15, 0.2) is 18.3 Å². The second kappa shape index (κ2) is 3.78. The van der Waals surface area contributed by atoms with Crippen LogP contribution in [0.4, 0.5) is 0 Å². The summed E-state index contributed by atoms with van der Waals surface area (Å²) in [6.45, 7) is 6.42. The predicted octanol–water partition coefficient (Wildman–Crippen LogP) is 1.87. The van der Waals surface area contributed by atoms with Gasteiger partial charge in [-0.3, -0.25) is 9.78 Å². The number of aromatic nitrogens is 1. The molecule has 0 saturated carbocycles. The lowest BCUT2D eigenvalue weighted by atomic mass is 9.83. The van der Waals surface area contributed by atoms with Crippen molar-refractivity contribution < 1.29 is 4.79 Å². The SMILES string of the molecule is CCC(C)(C)c1ccc(C(N)=O)nc1. The third kappa shape index (κ3) is 2.10. The van der Waals surface area contributed by atoms with Gasteiger partial charge in [-0.25, -0.2) is 0 Å². The van der Waals surface area contributed by atoms with Crippen LogP contribution in [0.5, 0.6) is 0 Å². The summed E-state index contributed by atoms with van der Waals surface area (Å²) < 4.78 is 0. The Morgan fingerprint density at radius 2 is 2.14 bits per heavy atom. The number of carbonyl (C=O) groups excluding carboxylic acids is 1. The molecule has 1 rings (SSSR count). The first-order chi connectivity index (χ1) is 6.47. The number of carbonyl (C=O) groups is 1. The number of primary amides is 1. The molecule has 76 valence electrons. The molecule has 0 spiro atoms. The minimum Gasteiger partial charge on any atom is -0.364 e. The fraction of sp³-hybridized carbons (Fsp3) is 0.455. The third-order valence-corrected chi connectivity index (χ3v) is 2.68. The molecule has 14 heavy (non-hydrogen) atoms. The predicted molar refractivity (Wildman–Crippen MR) is 56.1 cm³/mol. The Kier molecular flexibility index (Phi) is 2.89. The summed E-state index contributed by atoms with van der Waals surface area (Å²) in [6.07, 6.45) is 2.76. The molecule has 1 heterocycles. The number of hydrogen-bond acceptors (Lipinski definition) is 2. The number of nitrogens with two attached hydrogens (primary N) is 1. The highest BCUT2D eigenvalue weighted by molar-refractivity contribution is 5.90. The van der Waals surface area contributed by atoms with Crippen LogP contribution in [-0.4, -0.2) is 10.9 Å². The lowest BCUT2D eigenvalue weighted by molar-refractivity contribution is 0.0995. The fourth-order valence-corrected chi connectivity index (χ4v) is 1.14. The zero-order valence-electron chi connectivity index (χ0n) is 8.87. The molecule has 0 aliphatic carbocycles. The van der Waals surface area contributed by atoms with Crippen molar-refractivity contribution in [3.63, 3.8) is 0 Å². The molecule has 2 N–H and O–H groups in total. The first kappa shape index (κ1) is 10.7. The number of rotatable bonds is 3. The van der Waals surface area contributed by atoms with Crippen molar-refractivity contribution >= 4 is 5.91 Å². The van der Waals surface area contributed by atoms with E-state index in [4.69, 9.17) is 5.73 Å². The van der Waals surface area contributed by atoms with E-state index in [1.807, 2.05) is 6.07 Å². The van der Waals surface area contributed by atoms with Crippen molar-refractivity contribution in [2.75, 3.05) is 0 Å². The van der Waals surface area contributed by atoms with Crippen LogP contribution in [0, 0.1) is 0 Å². The molecule has 0 aromatic carbocycles. The lowest BCUT2D eigenvalue weighted by Crippen LogP contribution is -2.18. The number of nitrogens with zero attached hydrogens (tertiary/aromatic N) is 1. The van der Waals surface area contributed by atoms with Crippen molar-refractivity contribution in [1.82, 2.24) is 4.98 Å². The summed E-state index contributed by atoms with van der Waals surface area (Å²) in [7, 11) is 0. The van der Waals surface area contributed by atoms with Gasteiger partial charge in [-0.05, 0) is 23.5 Å². The Bertz CT molecular complexity index is 328. The second-order valence-corrected chi connectivity index (χ2v) is 4.03. The highest BCUT2D eigenvalue weighted by Gasteiger charge is 2.18. The van der Waals surface area contributed by atoms with Crippen molar-refractivity contribution in [1.29, 1.82) is 0 Å². The van der Waals surface area contributed by atoms with Crippen LogP contribution in [0.2, 0.25) is 0 Å². The Morgan fingerprint density at radius 3 is 2.50 bits per heavy atom. The molecule has 3 nitrogen and oxygen atoms in total. The van der Waals surface area contributed by atoms with Crippen molar-refractivity contribution in [2.24, 2.45) is 5.73 Å². The molecule has 0 atom stereocenters. The van der Waals surface area contributed by atoms with Gasteiger partial charge in [-0.1, -0.05) is 26.8 Å². The molecule has 1 amide bonds. The maximum atomic E-state index is 10.8. The molecular weight excluding hydrogens is 176 g/mol. The molecule has 0 saturated heterocycles. The summed E-state index contributed by atoms with van der Waals surface area (Å²) in [4.78, 5) is 14.8. The average Bonchev–Trinajstić information content (AvgIpc) is 2.18. The largest absolute Gasteiger partial charge is 0.364 e. The molecule has 0 bridgehead atoms. The van der Waals surface area contributed by atoms with Crippen LogP contribution in [-0.2, 0) is 5.41 Å². The minimum atomic E-state index is -0.481. The van der Waals surface area contributed by atoms with E-state index in [9.17, 15) is 4.79 Å². The van der Waals surface area contributed by atoms with Gasteiger partial charge in [0.05, 0.1) is 0 Å². The van der Waals surface area contributed by atoms with E-state index in [2.05, 4.69) is 25.8 Å². The number of amides is 1. The molecule has 1 aromatic heterocycles. The summed E-state index contributed by atoms with van der Waals surface area (Å²) in [5.74, 6) is -0.481. The highest BCUT2D eigenvalue weighted by atomic mass is 16.1. The normalized spacial score (nSPS) is 11.4. The van der Waals surface area contributed by atoms with Gasteiger partial charge in [0.2, 0.25) is 0 Å². The van der Waals surface area contributed by atoms with Gasteiger partial charge in [-0.2, -0.15) is 0 Å². The third-order valence-electron chi connectivity index (χ3n) is 2.68. The molecule has 0 unspecified atom stereocenters. The monoisotopic (exact) mass is 192 g/mol. The zero-order valence-corrected chi connectivity index (χ0v) is 8.87. The van der Waals surface area contributed by atoms with Gasteiger partial charge in [-0.15, -0.1) is 0 Å². The van der Waals surface area contributed by atoms with Crippen LogP contribution in [0.1, 0.15) is 43.2 Å². The summed E-state index contributed by atoms with van der Waals surface area (Å²) in [5, 5.41) is 0. The second-order valence-electron chi connectivity index (χ2n) is 4.03. The van der Waals surface area contributed by atoms with Gasteiger partial charge < -0.3 is 5.73 Å². The van der Waals surface area contributed by atoms with Crippen molar-refractivity contribution in [3.8, 4) is 0 Å². The Morgan fingerprint density at radius 1 is 1.50 bits per heavy atom. The van der Waals surface area contributed by atoms with E-state index in [1.165, 1.54) is 0 Å². The summed E-state index contributed by atoms with van der Waals surface area (Å²) >= 11 is 0. The minimum absolute atomic E-state index is 0.100. The molecule has 3 heteroatoms. The van der Waals surface area contributed by atoms with Gasteiger partial charge in [0.25, 0.3) is 5.91 Å². The van der Waals surface area contributed by atoms with E-state index in [0.29, 0.717) is 5.69 Å². The Hall–Kier alpha value is -1.38. The maximum absolute atomic E-state index is 10.8.